The van der Waals surface area contributed by atoms with E-state index in [1.807, 2.05) is 91.0 Å². The van der Waals surface area contributed by atoms with Crippen molar-refractivity contribution >= 4 is 52.8 Å². The Balaban J connectivity index is 1.50. The number of carbonyl (C=O) groups is 5. The summed E-state index contributed by atoms with van der Waals surface area (Å²) < 4.78 is 4.80. The molecule has 3 amide bonds. The lowest BCUT2D eigenvalue weighted by Crippen LogP contribution is -2.48. The van der Waals surface area contributed by atoms with Crippen molar-refractivity contribution in [2.45, 2.75) is 56.4 Å². The number of ether oxygens (including phenoxy) is 1. The SMILES string of the molecule is CC(C)(C)OC(=O)N[C@@H](CSC(c1ccccc1)(c1ccccc1)c1ccccc1)C(=O)Nc1ccc(NC(=O)CCCC(=O)O)c(C(=O)c2ccccc2)c1. The Labute approximate surface area is 331 Å². The zero-order valence-electron chi connectivity index (χ0n) is 31.5. The zero-order valence-corrected chi connectivity index (χ0v) is 32.3. The number of aliphatic carboxylic acids is 1. The fraction of sp³-hybridized carbons (Fsp3) is 0.222. The second kappa shape index (κ2) is 18.9. The lowest BCUT2D eigenvalue weighted by Gasteiger charge is -2.36. The summed E-state index contributed by atoms with van der Waals surface area (Å²) in [6, 6.07) is 41.8. The van der Waals surface area contributed by atoms with Crippen LogP contribution in [0.5, 0.6) is 0 Å². The Morgan fingerprint density at radius 1 is 0.679 bits per heavy atom. The summed E-state index contributed by atoms with van der Waals surface area (Å²) in [6.45, 7) is 5.21. The van der Waals surface area contributed by atoms with E-state index in [0.717, 1.165) is 16.7 Å². The predicted octanol–water partition coefficient (Wildman–Crippen LogP) is 8.67. The third-order valence-electron chi connectivity index (χ3n) is 8.65. The zero-order chi connectivity index (χ0) is 40.1. The number of alkyl carbamates (subject to hydrolysis) is 1. The smallest absolute Gasteiger partial charge is 0.408 e. The molecule has 0 fully saturated rings. The number of hydrogen-bond acceptors (Lipinski definition) is 7. The first-order valence-corrected chi connectivity index (χ1v) is 19.2. The lowest BCUT2D eigenvalue weighted by atomic mass is 9.84. The van der Waals surface area contributed by atoms with Gasteiger partial charge in [-0.25, -0.2) is 4.79 Å². The summed E-state index contributed by atoms with van der Waals surface area (Å²) >= 11 is 1.49. The molecule has 56 heavy (non-hydrogen) atoms. The molecule has 5 aromatic carbocycles. The van der Waals surface area contributed by atoms with Crippen LogP contribution in [-0.4, -0.2) is 52.2 Å². The Morgan fingerprint density at radius 3 is 1.70 bits per heavy atom. The minimum absolute atomic E-state index is 0.0597. The molecule has 0 bridgehead atoms. The molecule has 0 saturated carbocycles. The summed E-state index contributed by atoms with van der Waals surface area (Å²) in [5, 5.41) is 17.4. The molecule has 0 spiro atoms. The van der Waals surface area contributed by atoms with Crippen LogP contribution < -0.4 is 16.0 Å². The van der Waals surface area contributed by atoms with Crippen LogP contribution in [0.3, 0.4) is 0 Å². The van der Waals surface area contributed by atoms with Gasteiger partial charge in [0.1, 0.15) is 11.6 Å². The number of carboxylic acids is 1. The number of carboxylic acid groups (broad SMARTS) is 1. The molecule has 10 nitrogen and oxygen atoms in total. The molecule has 11 heteroatoms. The maximum Gasteiger partial charge on any atom is 0.408 e. The van der Waals surface area contributed by atoms with Crippen molar-refractivity contribution in [1.82, 2.24) is 5.32 Å². The molecule has 0 aliphatic heterocycles. The first-order chi connectivity index (χ1) is 26.9. The summed E-state index contributed by atoms with van der Waals surface area (Å²) in [5.74, 6) is -2.33. The molecule has 0 saturated heterocycles. The molecule has 0 radical (unpaired) electrons. The summed E-state index contributed by atoms with van der Waals surface area (Å²) in [7, 11) is 0. The van der Waals surface area contributed by atoms with Crippen LogP contribution in [-0.2, 0) is 23.9 Å². The van der Waals surface area contributed by atoms with Crippen molar-refractivity contribution in [2.75, 3.05) is 16.4 Å². The van der Waals surface area contributed by atoms with E-state index in [1.54, 1.807) is 57.2 Å². The second-order valence-corrected chi connectivity index (χ2v) is 15.3. The van der Waals surface area contributed by atoms with Crippen LogP contribution in [0.1, 0.15) is 72.6 Å². The van der Waals surface area contributed by atoms with Gasteiger partial charge in [0, 0.05) is 35.4 Å². The van der Waals surface area contributed by atoms with Crippen LogP contribution in [0.25, 0.3) is 0 Å². The van der Waals surface area contributed by atoms with Gasteiger partial charge < -0.3 is 25.8 Å². The van der Waals surface area contributed by atoms with Gasteiger partial charge in [-0.05, 0) is 62.1 Å². The van der Waals surface area contributed by atoms with E-state index < -0.39 is 46.1 Å². The highest BCUT2D eigenvalue weighted by Crippen LogP contribution is 2.48. The van der Waals surface area contributed by atoms with Gasteiger partial charge in [-0.1, -0.05) is 121 Å². The third-order valence-corrected chi connectivity index (χ3v) is 10.3. The number of anilines is 2. The molecule has 288 valence electrons. The van der Waals surface area contributed by atoms with E-state index in [-0.39, 0.29) is 42.0 Å². The minimum Gasteiger partial charge on any atom is -0.481 e. The minimum atomic E-state index is -1.12. The average Bonchev–Trinajstić information content (AvgIpc) is 3.18. The molecule has 4 N–H and O–H groups in total. The molecule has 5 aromatic rings. The fourth-order valence-corrected chi connectivity index (χ4v) is 7.68. The number of nitrogens with one attached hydrogen (secondary N) is 3. The van der Waals surface area contributed by atoms with Crippen molar-refractivity contribution < 1.29 is 33.8 Å². The molecule has 1 atom stereocenters. The van der Waals surface area contributed by atoms with Crippen molar-refractivity contribution in [3.05, 3.63) is 167 Å². The van der Waals surface area contributed by atoms with Crippen molar-refractivity contribution in [1.29, 1.82) is 0 Å². The van der Waals surface area contributed by atoms with Gasteiger partial charge in [0.05, 0.1) is 10.4 Å². The van der Waals surface area contributed by atoms with E-state index in [9.17, 15) is 24.0 Å². The maximum atomic E-state index is 14.3. The largest absolute Gasteiger partial charge is 0.481 e. The van der Waals surface area contributed by atoms with Gasteiger partial charge in [-0.2, -0.15) is 0 Å². The van der Waals surface area contributed by atoms with Crippen LogP contribution in [0.2, 0.25) is 0 Å². The van der Waals surface area contributed by atoms with Crippen LogP contribution in [0, 0.1) is 0 Å². The first kappa shape index (κ1) is 41.0. The topological polar surface area (TPSA) is 151 Å². The predicted molar refractivity (Wildman–Crippen MR) is 220 cm³/mol. The number of rotatable bonds is 16. The Hall–Kier alpha value is -6.20. The molecule has 0 heterocycles. The van der Waals surface area contributed by atoms with E-state index in [1.165, 1.54) is 23.9 Å². The van der Waals surface area contributed by atoms with Crippen molar-refractivity contribution in [2.24, 2.45) is 0 Å². The molecule has 5 rings (SSSR count). The van der Waals surface area contributed by atoms with Gasteiger partial charge >= 0.3 is 12.1 Å². The van der Waals surface area contributed by atoms with Gasteiger partial charge in [0.25, 0.3) is 0 Å². The van der Waals surface area contributed by atoms with Gasteiger partial charge in [0.15, 0.2) is 5.78 Å². The Morgan fingerprint density at radius 2 is 1.20 bits per heavy atom. The van der Waals surface area contributed by atoms with E-state index >= 15 is 0 Å². The summed E-state index contributed by atoms with van der Waals surface area (Å²) in [4.78, 5) is 65.2. The van der Waals surface area contributed by atoms with Gasteiger partial charge in [-0.15, -0.1) is 11.8 Å². The maximum absolute atomic E-state index is 14.3. The van der Waals surface area contributed by atoms with Crippen molar-refractivity contribution in [3.63, 3.8) is 0 Å². The van der Waals surface area contributed by atoms with E-state index in [0.29, 0.717) is 5.56 Å². The third kappa shape index (κ3) is 10.9. The number of amides is 3. The Kier molecular flexibility index (Phi) is 13.8. The van der Waals surface area contributed by atoms with Crippen LogP contribution in [0.15, 0.2) is 140 Å². The van der Waals surface area contributed by atoms with Crippen LogP contribution in [0.4, 0.5) is 16.2 Å². The molecule has 0 unspecified atom stereocenters. The first-order valence-electron chi connectivity index (χ1n) is 18.2. The van der Waals surface area contributed by atoms with E-state index in [2.05, 4.69) is 16.0 Å². The number of benzene rings is 5. The number of thioether (sulfide) groups is 1. The number of carbonyl (C=O) groups excluding carboxylic acids is 4. The standard InChI is InChI=1S/C45H45N3O7S/c1-44(2,3)55-43(54)48-38(30-56-45(32-19-10-5-11-20-32,33-21-12-6-13-22-33)34-23-14-7-15-24-34)42(53)46-35-27-28-37(47-39(49)25-16-26-40(50)51)36(29-35)41(52)31-17-8-4-9-18-31/h4-15,17-24,27-29,38H,16,25-26,30H2,1-3H3,(H,46,53)(H,47,49)(H,48,54)(H,50,51)/t38-/m0/s1. The number of ketones is 1. The quantitative estimate of drug-likeness (QED) is 0.0575. The highest BCUT2D eigenvalue weighted by Gasteiger charge is 2.39. The molecule has 0 aliphatic carbocycles. The van der Waals surface area contributed by atoms with Crippen LogP contribution >= 0.6 is 11.8 Å². The molecular formula is C45H45N3O7S. The second-order valence-electron chi connectivity index (χ2n) is 14.0. The highest BCUT2D eigenvalue weighted by atomic mass is 32.2. The monoisotopic (exact) mass is 771 g/mol. The lowest BCUT2D eigenvalue weighted by molar-refractivity contribution is -0.137. The van der Waals surface area contributed by atoms with Gasteiger partial charge in [0.2, 0.25) is 11.8 Å². The average molecular weight is 772 g/mol. The molecule has 0 aliphatic rings. The van der Waals surface area contributed by atoms with Crippen molar-refractivity contribution in [3.8, 4) is 0 Å². The fourth-order valence-electron chi connectivity index (χ4n) is 6.12. The van der Waals surface area contributed by atoms with E-state index in [4.69, 9.17) is 9.84 Å². The molecule has 0 aromatic heterocycles. The summed E-state index contributed by atoms with van der Waals surface area (Å²) in [5.41, 5.74) is 3.02. The van der Waals surface area contributed by atoms with Gasteiger partial charge in [-0.3, -0.25) is 19.2 Å². The highest BCUT2D eigenvalue weighted by molar-refractivity contribution is 8.00. The number of hydrogen-bond donors (Lipinski definition) is 4. The Bertz CT molecular complexity index is 2030. The molecular weight excluding hydrogens is 727 g/mol. The summed E-state index contributed by atoms with van der Waals surface area (Å²) in [6.07, 6.45) is -0.880. The normalized spacial score (nSPS) is 11.8.